The number of aliphatic hydroxyl groups excluding tert-OH is 1. The van der Waals surface area contributed by atoms with Crippen LogP contribution in [0.2, 0.25) is 0 Å². The van der Waals surface area contributed by atoms with E-state index in [1.807, 2.05) is 0 Å². The summed E-state index contributed by atoms with van der Waals surface area (Å²) in [6.45, 7) is 2.88. The molecule has 2 nitrogen and oxygen atoms in total. The SMILES string of the molecule is CN1CCCC(C(CO)C2CC2)C1. The number of hydrogen-bond donors (Lipinski definition) is 1. The number of aliphatic hydroxyl groups is 1. The van der Waals surface area contributed by atoms with E-state index in [0.29, 0.717) is 12.5 Å². The highest BCUT2D eigenvalue weighted by molar-refractivity contribution is 4.87. The Kier molecular flexibility index (Phi) is 2.89. The monoisotopic (exact) mass is 183 g/mol. The molecule has 1 N–H and O–H groups in total. The van der Waals surface area contributed by atoms with E-state index >= 15 is 0 Å². The molecule has 0 spiro atoms. The van der Waals surface area contributed by atoms with Gasteiger partial charge in [-0.15, -0.1) is 0 Å². The van der Waals surface area contributed by atoms with Crippen LogP contribution in [0.15, 0.2) is 0 Å². The van der Waals surface area contributed by atoms with E-state index in [9.17, 15) is 5.11 Å². The number of likely N-dealkylation sites (tertiary alicyclic amines) is 1. The molecule has 1 saturated carbocycles. The van der Waals surface area contributed by atoms with Crippen LogP contribution in [-0.4, -0.2) is 36.8 Å². The van der Waals surface area contributed by atoms with E-state index < -0.39 is 0 Å². The van der Waals surface area contributed by atoms with Gasteiger partial charge < -0.3 is 10.0 Å². The van der Waals surface area contributed by atoms with Crippen LogP contribution < -0.4 is 0 Å². The molecule has 2 rings (SSSR count). The van der Waals surface area contributed by atoms with Crippen LogP contribution in [0.5, 0.6) is 0 Å². The average Bonchev–Trinajstić information content (AvgIpc) is 2.90. The van der Waals surface area contributed by atoms with Gasteiger partial charge in [0.2, 0.25) is 0 Å². The molecule has 2 fully saturated rings. The van der Waals surface area contributed by atoms with Crippen molar-refractivity contribution in [3.05, 3.63) is 0 Å². The summed E-state index contributed by atoms with van der Waals surface area (Å²) in [6, 6.07) is 0. The first-order valence-electron chi connectivity index (χ1n) is 5.60. The maximum atomic E-state index is 9.36. The smallest absolute Gasteiger partial charge is 0.0465 e. The van der Waals surface area contributed by atoms with Crippen molar-refractivity contribution in [2.75, 3.05) is 26.7 Å². The van der Waals surface area contributed by atoms with Gasteiger partial charge in [-0.1, -0.05) is 0 Å². The summed E-state index contributed by atoms with van der Waals surface area (Å²) in [5.41, 5.74) is 0. The van der Waals surface area contributed by atoms with Crippen LogP contribution >= 0.6 is 0 Å². The third-order valence-corrected chi connectivity index (χ3v) is 3.70. The zero-order valence-corrected chi connectivity index (χ0v) is 8.58. The van der Waals surface area contributed by atoms with Crippen LogP contribution in [0.1, 0.15) is 25.7 Å². The molecule has 0 bridgehead atoms. The summed E-state index contributed by atoms with van der Waals surface area (Å²) in [7, 11) is 2.20. The number of hydrogen-bond acceptors (Lipinski definition) is 2. The van der Waals surface area contributed by atoms with E-state index in [0.717, 1.165) is 11.8 Å². The Morgan fingerprint density at radius 1 is 1.31 bits per heavy atom. The molecule has 1 aliphatic heterocycles. The lowest BCUT2D eigenvalue weighted by molar-refractivity contribution is 0.0970. The molecule has 2 atom stereocenters. The van der Waals surface area contributed by atoms with Crippen molar-refractivity contribution in [3.8, 4) is 0 Å². The summed E-state index contributed by atoms with van der Waals surface area (Å²) in [5, 5.41) is 9.36. The molecule has 2 unspecified atom stereocenters. The van der Waals surface area contributed by atoms with Crippen LogP contribution in [0.4, 0.5) is 0 Å². The second kappa shape index (κ2) is 3.97. The van der Waals surface area contributed by atoms with Crippen molar-refractivity contribution in [1.82, 2.24) is 4.90 Å². The largest absolute Gasteiger partial charge is 0.396 e. The Bertz CT molecular complexity index is 167. The molecule has 76 valence electrons. The van der Waals surface area contributed by atoms with Crippen LogP contribution in [0.25, 0.3) is 0 Å². The molecule has 2 aliphatic rings. The summed E-state index contributed by atoms with van der Waals surface area (Å²) in [5.74, 6) is 2.25. The quantitative estimate of drug-likeness (QED) is 0.714. The second-order valence-electron chi connectivity index (χ2n) is 4.85. The Morgan fingerprint density at radius 3 is 2.62 bits per heavy atom. The van der Waals surface area contributed by atoms with Crippen LogP contribution in [0, 0.1) is 17.8 Å². The van der Waals surface area contributed by atoms with E-state index in [-0.39, 0.29) is 0 Å². The summed E-state index contributed by atoms with van der Waals surface area (Å²) in [4.78, 5) is 2.42. The Morgan fingerprint density at radius 2 is 2.08 bits per heavy atom. The lowest BCUT2D eigenvalue weighted by Crippen LogP contribution is -2.37. The van der Waals surface area contributed by atoms with Gasteiger partial charge in [0.15, 0.2) is 0 Å². The van der Waals surface area contributed by atoms with Crippen molar-refractivity contribution >= 4 is 0 Å². The van der Waals surface area contributed by atoms with Crippen molar-refractivity contribution in [2.24, 2.45) is 17.8 Å². The fourth-order valence-corrected chi connectivity index (χ4v) is 2.76. The minimum Gasteiger partial charge on any atom is -0.396 e. The van der Waals surface area contributed by atoms with E-state index in [1.54, 1.807) is 0 Å². The molecule has 1 heterocycles. The predicted octanol–water partition coefficient (Wildman–Crippen LogP) is 1.35. The Balaban J connectivity index is 1.88. The van der Waals surface area contributed by atoms with Gasteiger partial charge in [0, 0.05) is 13.2 Å². The van der Waals surface area contributed by atoms with Gasteiger partial charge in [0.25, 0.3) is 0 Å². The summed E-state index contributed by atoms with van der Waals surface area (Å²) in [6.07, 6.45) is 5.40. The zero-order valence-electron chi connectivity index (χ0n) is 8.58. The first-order chi connectivity index (χ1) is 6.31. The van der Waals surface area contributed by atoms with Crippen molar-refractivity contribution < 1.29 is 5.11 Å². The zero-order chi connectivity index (χ0) is 9.26. The first-order valence-corrected chi connectivity index (χ1v) is 5.60. The van der Waals surface area contributed by atoms with Gasteiger partial charge in [-0.05, 0) is 57.0 Å². The molecule has 0 amide bonds. The van der Waals surface area contributed by atoms with E-state index in [1.165, 1.54) is 38.8 Å². The minimum absolute atomic E-state index is 0.420. The predicted molar refractivity (Wildman–Crippen MR) is 53.5 cm³/mol. The number of piperidine rings is 1. The normalized spacial score (nSPS) is 33.2. The van der Waals surface area contributed by atoms with Gasteiger partial charge in [-0.3, -0.25) is 0 Å². The third kappa shape index (κ3) is 2.23. The molecule has 2 heteroatoms. The molecule has 1 saturated heterocycles. The highest BCUT2D eigenvalue weighted by Crippen LogP contribution is 2.42. The van der Waals surface area contributed by atoms with Gasteiger partial charge >= 0.3 is 0 Å². The fraction of sp³-hybridized carbons (Fsp3) is 1.00. The molecule has 13 heavy (non-hydrogen) atoms. The molecular weight excluding hydrogens is 162 g/mol. The molecule has 0 aromatic rings. The molecule has 1 aliphatic carbocycles. The summed E-state index contributed by atoms with van der Waals surface area (Å²) >= 11 is 0. The number of nitrogens with zero attached hydrogens (tertiary/aromatic N) is 1. The van der Waals surface area contributed by atoms with Crippen molar-refractivity contribution in [2.45, 2.75) is 25.7 Å². The van der Waals surface area contributed by atoms with Gasteiger partial charge in [-0.25, -0.2) is 0 Å². The highest BCUT2D eigenvalue weighted by Gasteiger charge is 2.37. The lowest BCUT2D eigenvalue weighted by Gasteiger charge is -2.34. The maximum absolute atomic E-state index is 9.36. The second-order valence-corrected chi connectivity index (χ2v) is 4.85. The topological polar surface area (TPSA) is 23.5 Å². The molecular formula is C11H21NO. The molecule has 0 radical (unpaired) electrons. The Labute approximate surface area is 80.9 Å². The third-order valence-electron chi connectivity index (χ3n) is 3.70. The van der Waals surface area contributed by atoms with Crippen molar-refractivity contribution in [1.29, 1.82) is 0 Å². The first kappa shape index (κ1) is 9.47. The van der Waals surface area contributed by atoms with Gasteiger partial charge in [0.1, 0.15) is 0 Å². The highest BCUT2D eigenvalue weighted by atomic mass is 16.3. The van der Waals surface area contributed by atoms with E-state index in [2.05, 4.69) is 11.9 Å². The van der Waals surface area contributed by atoms with Gasteiger partial charge in [-0.2, -0.15) is 0 Å². The number of rotatable bonds is 3. The van der Waals surface area contributed by atoms with Crippen LogP contribution in [0.3, 0.4) is 0 Å². The average molecular weight is 183 g/mol. The van der Waals surface area contributed by atoms with Crippen molar-refractivity contribution in [3.63, 3.8) is 0 Å². The standard InChI is InChI=1S/C11H21NO/c1-12-6-2-3-10(7-12)11(8-13)9-4-5-9/h9-11,13H,2-8H2,1H3. The van der Waals surface area contributed by atoms with E-state index in [4.69, 9.17) is 0 Å². The molecule has 0 aromatic carbocycles. The minimum atomic E-state index is 0.420. The summed E-state index contributed by atoms with van der Waals surface area (Å²) < 4.78 is 0. The van der Waals surface area contributed by atoms with Gasteiger partial charge in [0.05, 0.1) is 0 Å². The fourth-order valence-electron chi connectivity index (χ4n) is 2.76. The maximum Gasteiger partial charge on any atom is 0.0465 e. The van der Waals surface area contributed by atoms with Crippen LogP contribution in [-0.2, 0) is 0 Å². The lowest BCUT2D eigenvalue weighted by atomic mass is 9.83. The molecule has 0 aromatic heterocycles. The Hall–Kier alpha value is -0.0800.